The van der Waals surface area contributed by atoms with Crippen molar-refractivity contribution in [3.63, 3.8) is 0 Å². The Morgan fingerprint density at radius 2 is 1.97 bits per heavy atom. The average molecular weight is 426 g/mol. The second-order valence-corrected chi connectivity index (χ2v) is 7.11. The molecule has 0 aliphatic carbocycles. The third kappa shape index (κ3) is 3.61. The van der Waals surface area contributed by atoms with Gasteiger partial charge in [-0.15, -0.1) is 6.42 Å². The maximum atomic E-state index is 9.90. The van der Waals surface area contributed by atoms with Crippen LogP contribution in [0.2, 0.25) is 0 Å². The van der Waals surface area contributed by atoms with Crippen LogP contribution >= 0.6 is 0 Å². The molecule has 0 bridgehead atoms. The zero-order chi connectivity index (χ0) is 22.7. The second-order valence-electron chi connectivity index (χ2n) is 7.11. The minimum absolute atomic E-state index is 0.0488. The summed E-state index contributed by atoms with van der Waals surface area (Å²) in [4.78, 5) is 0. The molecule has 2 heterocycles. The van der Waals surface area contributed by atoms with Crippen molar-refractivity contribution in [2.45, 2.75) is 19.8 Å². The number of ether oxygens (including phenoxy) is 3. The smallest absolute Gasteiger partial charge is 0.229 e. The minimum Gasteiger partial charge on any atom is -0.490 e. The Bertz CT molecular complexity index is 1260. The first-order chi connectivity index (χ1) is 15.6. The number of benzene rings is 2. The molecule has 7 heteroatoms. The molecule has 0 radical (unpaired) electrons. The van der Waals surface area contributed by atoms with Crippen LogP contribution in [0.4, 0.5) is 0 Å². The number of allylic oxidation sites excluding steroid dienone is 1. The van der Waals surface area contributed by atoms with Crippen LogP contribution < -0.4 is 19.9 Å². The molecule has 3 aromatic rings. The van der Waals surface area contributed by atoms with Crippen molar-refractivity contribution in [1.29, 1.82) is 5.26 Å². The number of nitrogens with two attached hydrogens (primary N) is 1. The molecule has 0 saturated carbocycles. The van der Waals surface area contributed by atoms with Crippen molar-refractivity contribution in [2.75, 3.05) is 13.2 Å². The van der Waals surface area contributed by atoms with Crippen LogP contribution in [0.3, 0.4) is 0 Å². The van der Waals surface area contributed by atoms with Crippen molar-refractivity contribution in [1.82, 2.24) is 9.78 Å². The van der Waals surface area contributed by atoms with Crippen LogP contribution in [0.1, 0.15) is 29.7 Å². The molecule has 2 N–H and O–H groups in total. The van der Waals surface area contributed by atoms with E-state index >= 15 is 0 Å². The molecule has 160 valence electrons. The molecule has 1 unspecified atom stereocenters. The maximum Gasteiger partial charge on any atom is 0.229 e. The number of rotatable bonds is 6. The quantitative estimate of drug-likeness (QED) is 0.602. The molecule has 1 aliphatic heterocycles. The Balaban J connectivity index is 1.88. The van der Waals surface area contributed by atoms with Crippen molar-refractivity contribution in [2.24, 2.45) is 5.73 Å². The van der Waals surface area contributed by atoms with Crippen molar-refractivity contribution in [3.8, 4) is 41.5 Å². The van der Waals surface area contributed by atoms with Gasteiger partial charge in [0.2, 0.25) is 11.8 Å². The van der Waals surface area contributed by atoms with E-state index in [2.05, 4.69) is 17.1 Å². The first-order valence-corrected chi connectivity index (χ1v) is 10.1. The standard InChI is InChI=1S/C25H22N4O3/c1-4-13-31-20-12-11-17(14-21(20)30-5-2)23-19(15-26)24(27)32-25-22(23)16(3)28-29(25)18-9-7-6-8-10-18/h1,6-12,14,23H,5,13,27H2,2-3H3. The fourth-order valence-corrected chi connectivity index (χ4v) is 3.80. The number of aryl methyl sites for hydroxylation is 1. The number of nitriles is 1. The molecule has 1 atom stereocenters. The summed E-state index contributed by atoms with van der Waals surface area (Å²) in [6.07, 6.45) is 5.32. The molecule has 4 rings (SSSR count). The normalized spacial score (nSPS) is 14.7. The lowest BCUT2D eigenvalue weighted by Crippen LogP contribution is -2.22. The molecule has 1 aliphatic rings. The SMILES string of the molecule is C#CCOc1ccc(C2C(C#N)=C(N)Oc3c2c(C)nn3-c2ccccc2)cc1OCC. The zero-order valence-corrected chi connectivity index (χ0v) is 17.8. The van der Waals surface area contributed by atoms with Crippen molar-refractivity contribution >= 4 is 0 Å². The summed E-state index contributed by atoms with van der Waals surface area (Å²) in [5.74, 6) is 3.59. The molecule has 0 fully saturated rings. The van der Waals surface area contributed by atoms with E-state index in [1.165, 1.54) is 0 Å². The lowest BCUT2D eigenvalue weighted by molar-refractivity contribution is 0.299. The number of terminal acetylenes is 1. The average Bonchev–Trinajstić information content (AvgIpc) is 3.13. The highest BCUT2D eigenvalue weighted by Crippen LogP contribution is 2.46. The van der Waals surface area contributed by atoms with Crippen LogP contribution in [0.15, 0.2) is 60.0 Å². The third-order valence-electron chi connectivity index (χ3n) is 5.15. The Hall–Kier alpha value is -4.36. The predicted octanol–water partition coefficient (Wildman–Crippen LogP) is 3.81. The topological polar surface area (TPSA) is 95.3 Å². The lowest BCUT2D eigenvalue weighted by atomic mass is 9.84. The van der Waals surface area contributed by atoms with E-state index in [-0.39, 0.29) is 12.5 Å². The molecule has 0 saturated heterocycles. The fraction of sp³-hybridized carbons (Fsp3) is 0.200. The molecule has 7 nitrogen and oxygen atoms in total. The van der Waals surface area contributed by atoms with Gasteiger partial charge in [-0.2, -0.15) is 10.4 Å². The van der Waals surface area contributed by atoms with Crippen LogP contribution in [0.25, 0.3) is 5.69 Å². The summed E-state index contributed by atoms with van der Waals surface area (Å²) in [7, 11) is 0. The van der Waals surface area contributed by atoms with Gasteiger partial charge >= 0.3 is 0 Å². The van der Waals surface area contributed by atoms with Gasteiger partial charge in [0.1, 0.15) is 18.2 Å². The zero-order valence-electron chi connectivity index (χ0n) is 17.8. The number of nitrogens with zero attached hydrogens (tertiary/aromatic N) is 3. The Morgan fingerprint density at radius 1 is 1.19 bits per heavy atom. The summed E-state index contributed by atoms with van der Waals surface area (Å²) >= 11 is 0. The summed E-state index contributed by atoms with van der Waals surface area (Å²) < 4.78 is 19.0. The highest BCUT2D eigenvalue weighted by Gasteiger charge is 2.36. The van der Waals surface area contributed by atoms with Gasteiger partial charge in [0.15, 0.2) is 11.5 Å². The highest BCUT2D eigenvalue weighted by molar-refractivity contribution is 5.59. The van der Waals surface area contributed by atoms with Crippen LogP contribution in [0.5, 0.6) is 17.4 Å². The van der Waals surface area contributed by atoms with E-state index in [0.29, 0.717) is 29.6 Å². The van der Waals surface area contributed by atoms with Crippen LogP contribution in [-0.4, -0.2) is 23.0 Å². The summed E-state index contributed by atoms with van der Waals surface area (Å²) in [6.45, 7) is 4.35. The van der Waals surface area contributed by atoms with Crippen LogP contribution in [-0.2, 0) is 0 Å². The molecular weight excluding hydrogens is 404 g/mol. The molecule has 2 aromatic carbocycles. The number of aromatic nitrogens is 2. The van der Waals surface area contributed by atoms with E-state index in [0.717, 1.165) is 22.5 Å². The van der Waals surface area contributed by atoms with Crippen molar-refractivity contribution in [3.05, 3.63) is 76.8 Å². The number of para-hydroxylation sites is 1. The summed E-state index contributed by atoms with van der Waals surface area (Å²) in [5, 5.41) is 14.6. The Morgan fingerprint density at radius 3 is 2.66 bits per heavy atom. The largest absolute Gasteiger partial charge is 0.490 e. The van der Waals surface area contributed by atoms with Gasteiger partial charge < -0.3 is 19.9 Å². The molecule has 32 heavy (non-hydrogen) atoms. The first-order valence-electron chi connectivity index (χ1n) is 10.1. The molecule has 0 spiro atoms. The van der Waals surface area contributed by atoms with E-state index in [1.54, 1.807) is 10.7 Å². The lowest BCUT2D eigenvalue weighted by Gasteiger charge is -2.25. The van der Waals surface area contributed by atoms with Gasteiger partial charge in [0.25, 0.3) is 0 Å². The summed E-state index contributed by atoms with van der Waals surface area (Å²) in [5.41, 5.74) is 9.66. The van der Waals surface area contributed by atoms with Crippen molar-refractivity contribution < 1.29 is 14.2 Å². The van der Waals surface area contributed by atoms with E-state index < -0.39 is 5.92 Å². The monoisotopic (exact) mass is 426 g/mol. The summed E-state index contributed by atoms with van der Waals surface area (Å²) in [6, 6.07) is 17.3. The first kappa shape index (κ1) is 20.9. The Kier molecular flexibility index (Phi) is 5.74. The molecular formula is C25H22N4O3. The highest BCUT2D eigenvalue weighted by atomic mass is 16.5. The van der Waals surface area contributed by atoms with Gasteiger partial charge in [-0.05, 0) is 43.7 Å². The van der Waals surface area contributed by atoms with Gasteiger partial charge in [0.05, 0.1) is 29.5 Å². The van der Waals surface area contributed by atoms with Gasteiger partial charge in [-0.25, -0.2) is 4.68 Å². The Labute approximate surface area is 186 Å². The number of fused-ring (bicyclic) bond motifs is 1. The number of hydrogen-bond donors (Lipinski definition) is 1. The number of hydrogen-bond acceptors (Lipinski definition) is 6. The van der Waals surface area contributed by atoms with E-state index in [9.17, 15) is 5.26 Å². The molecule has 0 amide bonds. The molecule has 1 aromatic heterocycles. The van der Waals surface area contributed by atoms with Gasteiger partial charge in [-0.3, -0.25) is 0 Å². The maximum absolute atomic E-state index is 9.90. The second kappa shape index (κ2) is 8.79. The van der Waals surface area contributed by atoms with Crippen LogP contribution in [0, 0.1) is 30.6 Å². The predicted molar refractivity (Wildman–Crippen MR) is 120 cm³/mol. The van der Waals surface area contributed by atoms with E-state index in [4.69, 9.17) is 26.4 Å². The van der Waals surface area contributed by atoms with Gasteiger partial charge in [-0.1, -0.05) is 30.2 Å². The van der Waals surface area contributed by atoms with Gasteiger partial charge in [0, 0.05) is 0 Å². The van der Waals surface area contributed by atoms with E-state index in [1.807, 2.05) is 56.3 Å². The third-order valence-corrected chi connectivity index (χ3v) is 5.15. The minimum atomic E-state index is -0.470. The fourth-order valence-electron chi connectivity index (χ4n) is 3.80.